The van der Waals surface area contributed by atoms with E-state index in [4.69, 9.17) is 0 Å². The molecule has 1 aromatic heterocycles. The first kappa shape index (κ1) is 18.3. The Morgan fingerprint density at radius 2 is 1.92 bits per heavy atom. The maximum Gasteiger partial charge on any atom is 0.242 e. The fraction of sp³-hybridized carbons (Fsp3) is 0.529. The second kappa shape index (κ2) is 8.19. The van der Waals surface area contributed by atoms with Gasteiger partial charge in [-0.2, -0.15) is 0 Å². The van der Waals surface area contributed by atoms with Crippen LogP contribution in [0.1, 0.15) is 47.2 Å². The maximum atomic E-state index is 12.1. The molecule has 1 atom stereocenters. The Hall–Kier alpha value is -2.02. The van der Waals surface area contributed by atoms with Gasteiger partial charge in [-0.05, 0) is 26.0 Å². The molecule has 1 fully saturated rings. The van der Waals surface area contributed by atoms with E-state index >= 15 is 0 Å². The summed E-state index contributed by atoms with van der Waals surface area (Å²) < 4.78 is 0. The minimum atomic E-state index is -0.495. The minimum absolute atomic E-state index is 0.0332. The van der Waals surface area contributed by atoms with E-state index in [1.54, 1.807) is 13.0 Å². The van der Waals surface area contributed by atoms with Crippen molar-refractivity contribution in [1.82, 2.24) is 10.2 Å². The van der Waals surface area contributed by atoms with Crippen LogP contribution in [0.3, 0.4) is 0 Å². The Morgan fingerprint density at radius 3 is 2.58 bits per heavy atom. The highest BCUT2D eigenvalue weighted by Gasteiger charge is 2.29. The summed E-state index contributed by atoms with van der Waals surface area (Å²) in [5.41, 5.74) is 0. The topological polar surface area (TPSA) is 83.6 Å². The molecule has 1 unspecified atom stereocenters. The van der Waals surface area contributed by atoms with Crippen LogP contribution in [0.2, 0.25) is 0 Å². The molecule has 2 amide bonds. The average molecular weight is 350 g/mol. The van der Waals surface area contributed by atoms with Gasteiger partial charge in [0.15, 0.2) is 5.78 Å². The number of hydrogen-bond acceptors (Lipinski definition) is 5. The lowest BCUT2D eigenvalue weighted by atomic mass is 10.1. The number of rotatable bonds is 7. The number of nitrogens with zero attached hydrogens (tertiary/aromatic N) is 1. The van der Waals surface area contributed by atoms with Crippen LogP contribution >= 0.6 is 11.3 Å². The van der Waals surface area contributed by atoms with Crippen LogP contribution in [0.4, 0.5) is 0 Å². The molecule has 0 saturated carbocycles. The van der Waals surface area contributed by atoms with Crippen molar-refractivity contribution >= 4 is 34.7 Å². The van der Waals surface area contributed by atoms with Gasteiger partial charge < -0.3 is 10.2 Å². The van der Waals surface area contributed by atoms with E-state index in [2.05, 4.69) is 5.32 Å². The molecule has 7 heteroatoms. The van der Waals surface area contributed by atoms with E-state index in [1.807, 2.05) is 13.0 Å². The van der Waals surface area contributed by atoms with E-state index in [1.165, 1.54) is 16.2 Å². The average Bonchev–Trinajstić information content (AvgIpc) is 2.99. The third-order valence-corrected chi connectivity index (χ3v) is 5.12. The molecule has 1 aromatic rings. The monoisotopic (exact) mass is 350 g/mol. The zero-order valence-electron chi connectivity index (χ0n) is 14.0. The Labute approximate surface area is 145 Å². The van der Waals surface area contributed by atoms with Crippen molar-refractivity contribution in [1.29, 1.82) is 0 Å². The molecule has 130 valence electrons. The van der Waals surface area contributed by atoms with Crippen molar-refractivity contribution < 1.29 is 19.2 Å². The number of ketones is 2. The zero-order chi connectivity index (χ0) is 17.7. The molecular formula is C17H22N2O4S. The van der Waals surface area contributed by atoms with Crippen LogP contribution in [-0.2, 0) is 14.4 Å². The first-order valence-corrected chi connectivity index (χ1v) is 8.88. The standard InChI is InChI=1S/C17H22N2O4S/c1-11-3-7-15(24-11)14(21)6-4-13(20)5-8-16(22)19-10-9-18-17(23)12(19)2/h3,7,12H,4-6,8-10H2,1-2H3,(H,18,23). The molecule has 2 rings (SSSR count). The number of carbonyl (C=O) groups is 4. The van der Waals surface area contributed by atoms with Gasteiger partial charge in [-0.25, -0.2) is 0 Å². The molecule has 0 spiro atoms. The third-order valence-electron chi connectivity index (χ3n) is 4.08. The molecule has 2 heterocycles. The predicted octanol–water partition coefficient (Wildman–Crippen LogP) is 1.72. The number of thiophene rings is 1. The van der Waals surface area contributed by atoms with Crippen molar-refractivity contribution in [2.75, 3.05) is 13.1 Å². The number of carbonyl (C=O) groups excluding carboxylic acids is 4. The Kier molecular flexibility index (Phi) is 6.25. The van der Waals surface area contributed by atoms with Gasteiger partial charge in [-0.15, -0.1) is 11.3 Å². The SMILES string of the molecule is Cc1ccc(C(=O)CCC(=O)CCC(=O)N2CCNC(=O)C2C)s1. The predicted molar refractivity (Wildman–Crippen MR) is 91.0 cm³/mol. The van der Waals surface area contributed by atoms with E-state index < -0.39 is 6.04 Å². The first-order valence-electron chi connectivity index (χ1n) is 8.07. The summed E-state index contributed by atoms with van der Waals surface area (Å²) in [5, 5.41) is 2.70. The Balaban J connectivity index is 1.73. The summed E-state index contributed by atoms with van der Waals surface area (Å²) in [7, 11) is 0. The summed E-state index contributed by atoms with van der Waals surface area (Å²) in [6, 6.07) is 3.16. The summed E-state index contributed by atoms with van der Waals surface area (Å²) in [6.45, 7) is 4.52. The normalized spacial score (nSPS) is 17.5. The van der Waals surface area contributed by atoms with E-state index in [0.717, 1.165) is 4.88 Å². The molecule has 24 heavy (non-hydrogen) atoms. The van der Waals surface area contributed by atoms with Crippen LogP contribution in [0.15, 0.2) is 12.1 Å². The van der Waals surface area contributed by atoms with Crippen molar-refractivity contribution in [2.45, 2.75) is 45.6 Å². The molecule has 0 aromatic carbocycles. The van der Waals surface area contributed by atoms with E-state index in [-0.39, 0.29) is 49.1 Å². The molecule has 0 aliphatic carbocycles. The van der Waals surface area contributed by atoms with E-state index in [0.29, 0.717) is 18.0 Å². The van der Waals surface area contributed by atoms with Crippen molar-refractivity contribution in [3.63, 3.8) is 0 Å². The highest BCUT2D eigenvalue weighted by molar-refractivity contribution is 7.14. The van der Waals surface area contributed by atoms with Gasteiger partial charge in [0.05, 0.1) is 4.88 Å². The molecule has 0 radical (unpaired) electrons. The molecular weight excluding hydrogens is 328 g/mol. The van der Waals surface area contributed by atoms with Gasteiger partial charge in [0, 0.05) is 43.6 Å². The third kappa shape index (κ3) is 4.74. The van der Waals surface area contributed by atoms with Gasteiger partial charge >= 0.3 is 0 Å². The minimum Gasteiger partial charge on any atom is -0.353 e. The Morgan fingerprint density at radius 1 is 1.21 bits per heavy atom. The molecule has 1 aliphatic rings. The molecule has 0 bridgehead atoms. The van der Waals surface area contributed by atoms with Crippen molar-refractivity contribution in [3.05, 3.63) is 21.9 Å². The van der Waals surface area contributed by atoms with Crippen molar-refractivity contribution in [2.24, 2.45) is 0 Å². The molecule has 6 nitrogen and oxygen atoms in total. The fourth-order valence-corrected chi connectivity index (χ4v) is 3.43. The number of Topliss-reactive ketones (excluding diaryl/α,β-unsaturated/α-hetero) is 2. The van der Waals surface area contributed by atoms with E-state index in [9.17, 15) is 19.2 Å². The number of hydrogen-bond donors (Lipinski definition) is 1. The summed E-state index contributed by atoms with van der Waals surface area (Å²) in [4.78, 5) is 50.8. The van der Waals surface area contributed by atoms with Crippen LogP contribution in [0.25, 0.3) is 0 Å². The number of nitrogens with one attached hydrogen (secondary N) is 1. The van der Waals surface area contributed by atoms with Crippen LogP contribution in [0.5, 0.6) is 0 Å². The summed E-state index contributed by atoms with van der Waals surface area (Å²) >= 11 is 1.43. The highest BCUT2D eigenvalue weighted by atomic mass is 32.1. The van der Waals surface area contributed by atoms with Crippen LogP contribution in [-0.4, -0.2) is 47.4 Å². The van der Waals surface area contributed by atoms with Crippen molar-refractivity contribution in [3.8, 4) is 0 Å². The zero-order valence-corrected chi connectivity index (χ0v) is 14.8. The van der Waals surface area contributed by atoms with Gasteiger partial charge in [-0.1, -0.05) is 0 Å². The molecule has 1 N–H and O–H groups in total. The highest BCUT2D eigenvalue weighted by Crippen LogP contribution is 2.18. The van der Waals surface area contributed by atoms with Gasteiger partial charge in [0.1, 0.15) is 11.8 Å². The lowest BCUT2D eigenvalue weighted by Gasteiger charge is -2.32. The summed E-state index contributed by atoms with van der Waals surface area (Å²) in [6.07, 6.45) is 0.526. The van der Waals surface area contributed by atoms with Gasteiger partial charge in [-0.3, -0.25) is 19.2 Å². The van der Waals surface area contributed by atoms with Gasteiger partial charge in [0.2, 0.25) is 11.8 Å². The first-order chi connectivity index (χ1) is 11.4. The second-order valence-corrected chi connectivity index (χ2v) is 7.21. The smallest absolute Gasteiger partial charge is 0.242 e. The van der Waals surface area contributed by atoms with Crippen LogP contribution < -0.4 is 5.32 Å². The van der Waals surface area contributed by atoms with Crippen LogP contribution in [0, 0.1) is 6.92 Å². The summed E-state index contributed by atoms with van der Waals surface area (Å²) in [5.74, 6) is -0.489. The second-order valence-electron chi connectivity index (χ2n) is 5.93. The molecule has 1 saturated heterocycles. The number of amides is 2. The number of aryl methyl sites for hydroxylation is 1. The fourth-order valence-electron chi connectivity index (χ4n) is 2.60. The van der Waals surface area contributed by atoms with Gasteiger partial charge in [0.25, 0.3) is 0 Å². The largest absolute Gasteiger partial charge is 0.353 e. The lowest BCUT2D eigenvalue weighted by Crippen LogP contribution is -2.55. The quantitative estimate of drug-likeness (QED) is 0.759. The molecule has 1 aliphatic heterocycles. The lowest BCUT2D eigenvalue weighted by molar-refractivity contribution is -0.143. The maximum absolute atomic E-state index is 12.1. The Bertz CT molecular complexity index is 653. The number of piperazine rings is 1.